The van der Waals surface area contributed by atoms with Gasteiger partial charge in [-0.25, -0.2) is 0 Å². The van der Waals surface area contributed by atoms with Crippen molar-refractivity contribution in [1.82, 2.24) is 14.8 Å². The van der Waals surface area contributed by atoms with Crippen LogP contribution in [0.1, 0.15) is 48.0 Å². The van der Waals surface area contributed by atoms with Crippen LogP contribution in [0.2, 0.25) is 0 Å². The number of rotatable bonds is 4. The highest BCUT2D eigenvalue weighted by atomic mass is 16.5. The second-order valence-electron chi connectivity index (χ2n) is 8.88. The first-order chi connectivity index (χ1) is 16.7. The fourth-order valence-electron chi connectivity index (χ4n) is 4.02. The normalized spacial score (nSPS) is 21.3. The minimum absolute atomic E-state index is 0.0594. The van der Waals surface area contributed by atoms with Crippen molar-refractivity contribution >= 4 is 23.4 Å². The first kappa shape index (κ1) is 26.2. The molecular weight excluding hydrogens is 448 g/mol. The van der Waals surface area contributed by atoms with Gasteiger partial charge in [-0.2, -0.15) is 0 Å². The van der Waals surface area contributed by atoms with Crippen molar-refractivity contribution in [2.24, 2.45) is 5.92 Å². The lowest BCUT2D eigenvalue weighted by Gasteiger charge is -2.36. The number of hydrogen-bond acceptors (Lipinski definition) is 6. The van der Waals surface area contributed by atoms with E-state index in [-0.39, 0.29) is 42.4 Å². The molecule has 2 aromatic rings. The zero-order valence-corrected chi connectivity index (χ0v) is 21.0. The molecule has 35 heavy (non-hydrogen) atoms. The number of nitrogens with one attached hydrogen (secondary N) is 1. The highest BCUT2D eigenvalue weighted by Gasteiger charge is 2.31. The van der Waals surface area contributed by atoms with Crippen LogP contribution in [-0.2, 0) is 9.53 Å². The Kier molecular flexibility index (Phi) is 8.81. The highest BCUT2D eigenvalue weighted by Crippen LogP contribution is 2.27. The van der Waals surface area contributed by atoms with Gasteiger partial charge in [0.2, 0.25) is 5.91 Å². The van der Waals surface area contributed by atoms with Gasteiger partial charge >= 0.3 is 0 Å². The zero-order valence-electron chi connectivity index (χ0n) is 21.0. The van der Waals surface area contributed by atoms with E-state index in [9.17, 15) is 14.4 Å². The lowest BCUT2D eigenvalue weighted by atomic mass is 10.0. The van der Waals surface area contributed by atoms with Gasteiger partial charge in [0.25, 0.3) is 11.8 Å². The Morgan fingerprint density at radius 2 is 1.97 bits per heavy atom. The van der Waals surface area contributed by atoms with Crippen molar-refractivity contribution in [3.8, 4) is 5.75 Å². The number of pyridine rings is 1. The predicted molar refractivity (Wildman–Crippen MR) is 133 cm³/mol. The lowest BCUT2D eigenvalue weighted by molar-refractivity contribution is -0.115. The van der Waals surface area contributed by atoms with Crippen molar-refractivity contribution < 1.29 is 23.9 Å². The van der Waals surface area contributed by atoms with Crippen LogP contribution in [0.3, 0.4) is 0 Å². The van der Waals surface area contributed by atoms with Gasteiger partial charge < -0.3 is 24.6 Å². The fourth-order valence-corrected chi connectivity index (χ4v) is 4.02. The third-order valence-electron chi connectivity index (χ3n) is 6.20. The summed E-state index contributed by atoms with van der Waals surface area (Å²) in [6.45, 7) is 6.56. The van der Waals surface area contributed by atoms with Crippen LogP contribution in [0, 0.1) is 5.92 Å². The zero-order chi connectivity index (χ0) is 25.5. The second-order valence-corrected chi connectivity index (χ2v) is 8.88. The summed E-state index contributed by atoms with van der Waals surface area (Å²) >= 11 is 0. The summed E-state index contributed by atoms with van der Waals surface area (Å²) in [4.78, 5) is 46.1. The standard InChI is InChI=1S/C26H34N4O5/c1-6-24(31)28-19-10-11-20-22(13-19)35-16-18(3)30(26(33)21-9-7-8-12-27-21)14-17(2)23(34-5)15-29(4)25(20)32/h7-13,17-18,23H,6,14-16H2,1-5H3,(H,28,31)/t17-,18+,23-/m1/s1. The topological polar surface area (TPSA) is 101 Å². The molecule has 1 aromatic carbocycles. The molecule has 9 heteroatoms. The molecule has 0 spiro atoms. The van der Waals surface area contributed by atoms with Crippen molar-refractivity contribution in [2.75, 3.05) is 39.2 Å². The molecule has 3 amide bonds. The first-order valence-corrected chi connectivity index (χ1v) is 11.8. The number of anilines is 1. The number of fused-ring (bicyclic) bond motifs is 1. The van der Waals surface area contributed by atoms with Gasteiger partial charge in [0.05, 0.1) is 17.7 Å². The number of ether oxygens (including phenoxy) is 2. The summed E-state index contributed by atoms with van der Waals surface area (Å²) < 4.78 is 11.8. The first-order valence-electron chi connectivity index (χ1n) is 11.8. The molecule has 0 bridgehead atoms. The SMILES string of the molecule is CCC(=O)Nc1ccc2c(c1)OC[C@H](C)N(C(=O)c1ccccn1)C[C@@H](C)[C@H](OC)CN(C)C2=O. The number of nitrogens with zero attached hydrogens (tertiary/aromatic N) is 3. The number of carbonyl (C=O) groups is 3. The van der Waals surface area contributed by atoms with Crippen LogP contribution in [0.5, 0.6) is 5.75 Å². The van der Waals surface area contributed by atoms with Crippen LogP contribution in [0.15, 0.2) is 42.6 Å². The van der Waals surface area contributed by atoms with Gasteiger partial charge in [0.15, 0.2) is 0 Å². The maximum atomic E-state index is 13.4. The average Bonchev–Trinajstić information content (AvgIpc) is 2.87. The van der Waals surface area contributed by atoms with Gasteiger partial charge in [-0.05, 0) is 31.2 Å². The summed E-state index contributed by atoms with van der Waals surface area (Å²) in [5.41, 5.74) is 1.26. The number of aromatic nitrogens is 1. The number of methoxy groups -OCH3 is 1. The molecule has 2 heterocycles. The van der Waals surface area contributed by atoms with Crippen LogP contribution >= 0.6 is 0 Å². The fraction of sp³-hybridized carbons (Fsp3) is 0.462. The Hall–Kier alpha value is -3.46. The van der Waals surface area contributed by atoms with Gasteiger partial charge in [-0.15, -0.1) is 0 Å². The molecule has 1 aliphatic heterocycles. The molecule has 9 nitrogen and oxygen atoms in total. The Balaban J connectivity index is 1.99. The van der Waals surface area contributed by atoms with Crippen molar-refractivity contribution in [2.45, 2.75) is 39.3 Å². The van der Waals surface area contributed by atoms with Crippen LogP contribution in [0.25, 0.3) is 0 Å². The van der Waals surface area contributed by atoms with Gasteiger partial charge in [0, 0.05) is 57.5 Å². The predicted octanol–water partition coefficient (Wildman–Crippen LogP) is 3.08. The Morgan fingerprint density at radius 3 is 2.63 bits per heavy atom. The average molecular weight is 483 g/mol. The summed E-state index contributed by atoms with van der Waals surface area (Å²) in [5.74, 6) is -0.267. The minimum atomic E-state index is -0.321. The Bertz CT molecular complexity index is 1050. The maximum absolute atomic E-state index is 13.4. The quantitative estimate of drug-likeness (QED) is 0.719. The van der Waals surface area contributed by atoms with Crippen LogP contribution in [0.4, 0.5) is 5.69 Å². The molecule has 1 N–H and O–H groups in total. The van der Waals surface area contributed by atoms with Crippen LogP contribution < -0.4 is 10.1 Å². The molecule has 0 saturated heterocycles. The molecule has 0 saturated carbocycles. The number of likely N-dealkylation sites (N-methyl/N-ethyl adjacent to an activating group) is 1. The van der Waals surface area contributed by atoms with Gasteiger partial charge in [-0.1, -0.05) is 19.9 Å². The van der Waals surface area contributed by atoms with E-state index in [1.165, 1.54) is 0 Å². The monoisotopic (exact) mass is 482 g/mol. The maximum Gasteiger partial charge on any atom is 0.272 e. The van der Waals surface area contributed by atoms with E-state index in [4.69, 9.17) is 9.47 Å². The van der Waals surface area contributed by atoms with Crippen molar-refractivity contribution in [1.29, 1.82) is 0 Å². The largest absolute Gasteiger partial charge is 0.491 e. The molecule has 1 aromatic heterocycles. The highest BCUT2D eigenvalue weighted by molar-refractivity contribution is 5.98. The minimum Gasteiger partial charge on any atom is -0.491 e. The van der Waals surface area contributed by atoms with Crippen molar-refractivity contribution in [3.05, 3.63) is 53.9 Å². The second kappa shape index (κ2) is 11.8. The van der Waals surface area contributed by atoms with E-state index in [2.05, 4.69) is 10.3 Å². The molecule has 3 atom stereocenters. The van der Waals surface area contributed by atoms with E-state index in [0.29, 0.717) is 42.2 Å². The van der Waals surface area contributed by atoms with E-state index < -0.39 is 0 Å². The van der Waals surface area contributed by atoms with E-state index in [1.54, 1.807) is 73.5 Å². The molecule has 3 rings (SSSR count). The summed E-state index contributed by atoms with van der Waals surface area (Å²) in [6, 6.07) is 9.90. The van der Waals surface area contributed by atoms with Crippen LogP contribution in [-0.4, -0.2) is 78.5 Å². The number of hydrogen-bond donors (Lipinski definition) is 1. The van der Waals surface area contributed by atoms with E-state index in [0.717, 1.165) is 0 Å². The summed E-state index contributed by atoms with van der Waals surface area (Å²) in [7, 11) is 3.32. The number of amides is 3. The Labute approximate surface area is 206 Å². The molecule has 0 radical (unpaired) electrons. The lowest BCUT2D eigenvalue weighted by Crippen LogP contribution is -2.48. The molecule has 188 valence electrons. The smallest absolute Gasteiger partial charge is 0.272 e. The third-order valence-corrected chi connectivity index (χ3v) is 6.20. The third kappa shape index (κ3) is 6.36. The van der Waals surface area contributed by atoms with Gasteiger partial charge in [-0.3, -0.25) is 19.4 Å². The molecular formula is C26H34N4O5. The number of benzene rings is 1. The van der Waals surface area contributed by atoms with E-state index in [1.807, 2.05) is 13.8 Å². The number of carbonyl (C=O) groups excluding carboxylic acids is 3. The molecule has 0 fully saturated rings. The molecule has 0 unspecified atom stereocenters. The van der Waals surface area contributed by atoms with Crippen molar-refractivity contribution in [3.63, 3.8) is 0 Å². The Morgan fingerprint density at radius 1 is 1.20 bits per heavy atom. The van der Waals surface area contributed by atoms with Gasteiger partial charge in [0.1, 0.15) is 18.1 Å². The summed E-state index contributed by atoms with van der Waals surface area (Å²) in [5, 5.41) is 2.80. The van der Waals surface area contributed by atoms with E-state index >= 15 is 0 Å². The molecule has 0 aliphatic carbocycles. The molecule has 1 aliphatic rings. The summed E-state index contributed by atoms with van der Waals surface area (Å²) in [6.07, 6.45) is 1.63.